The van der Waals surface area contributed by atoms with Crippen molar-refractivity contribution < 1.29 is 22.7 Å². The molecule has 0 saturated carbocycles. The number of carbonyl (C=O) groups is 1. The number of hydrogen-bond donors (Lipinski definition) is 0. The van der Waals surface area contributed by atoms with E-state index in [4.69, 9.17) is 4.74 Å². The Morgan fingerprint density at radius 2 is 1.68 bits per heavy atom. The van der Waals surface area contributed by atoms with Crippen LogP contribution in [0.5, 0.6) is 11.5 Å². The Hall–Kier alpha value is -1.82. The molecular weight excluding hydrogens is 325 g/mol. The van der Waals surface area contributed by atoms with Crippen LogP contribution in [0.25, 0.3) is 0 Å². The molecule has 0 amide bonds. The van der Waals surface area contributed by atoms with Gasteiger partial charge >= 0.3 is 0 Å². The highest BCUT2D eigenvalue weighted by Gasteiger charge is 2.15. The van der Waals surface area contributed by atoms with Crippen LogP contribution >= 0.6 is 15.9 Å². The van der Waals surface area contributed by atoms with E-state index >= 15 is 0 Å². The summed E-state index contributed by atoms with van der Waals surface area (Å²) in [7, 11) is 0. The first-order valence-electron chi connectivity index (χ1n) is 5.08. The molecule has 2 nitrogen and oxygen atoms in total. The Morgan fingerprint density at radius 3 is 2.21 bits per heavy atom. The molecule has 0 unspecified atom stereocenters. The summed E-state index contributed by atoms with van der Waals surface area (Å²) in [5, 5.41) is 0. The molecular formula is C13H6BrF3O2. The van der Waals surface area contributed by atoms with Crippen LogP contribution in [0.3, 0.4) is 0 Å². The van der Waals surface area contributed by atoms with Gasteiger partial charge in [0.05, 0.1) is 4.47 Å². The number of aldehydes is 1. The van der Waals surface area contributed by atoms with Crippen molar-refractivity contribution in [1.29, 1.82) is 0 Å². The van der Waals surface area contributed by atoms with Crippen LogP contribution in [-0.2, 0) is 0 Å². The molecule has 0 atom stereocenters. The van der Waals surface area contributed by atoms with Gasteiger partial charge in [0.2, 0.25) is 0 Å². The Morgan fingerprint density at radius 1 is 1.05 bits per heavy atom. The Kier molecular flexibility index (Phi) is 3.90. The molecule has 2 rings (SSSR count). The first kappa shape index (κ1) is 13.6. The molecule has 0 radical (unpaired) electrons. The minimum Gasteiger partial charge on any atom is -0.450 e. The normalized spacial score (nSPS) is 10.3. The Balaban J connectivity index is 2.41. The molecule has 0 aliphatic carbocycles. The SMILES string of the molecule is O=Cc1cc(F)c(Oc2ccc(F)cc2Br)c(F)c1. The molecule has 0 heterocycles. The number of hydrogen-bond acceptors (Lipinski definition) is 2. The fourth-order valence-corrected chi connectivity index (χ4v) is 1.84. The van der Waals surface area contributed by atoms with E-state index in [2.05, 4.69) is 15.9 Å². The van der Waals surface area contributed by atoms with E-state index in [1.165, 1.54) is 6.07 Å². The predicted octanol–water partition coefficient (Wildman–Crippen LogP) is 4.47. The molecule has 0 saturated heterocycles. The summed E-state index contributed by atoms with van der Waals surface area (Å²) in [6.45, 7) is 0. The number of carbonyl (C=O) groups excluding carboxylic acids is 1. The standard InChI is InChI=1S/C13H6BrF3O2/c14-9-5-8(15)1-2-12(9)19-13-10(16)3-7(6-18)4-11(13)17/h1-6H. The molecule has 0 aliphatic rings. The molecule has 2 aromatic carbocycles. The lowest BCUT2D eigenvalue weighted by atomic mass is 10.2. The van der Waals surface area contributed by atoms with Crippen molar-refractivity contribution in [2.45, 2.75) is 0 Å². The van der Waals surface area contributed by atoms with Crippen molar-refractivity contribution in [3.05, 3.63) is 57.8 Å². The van der Waals surface area contributed by atoms with Gasteiger partial charge in [-0.2, -0.15) is 0 Å². The fourth-order valence-electron chi connectivity index (χ4n) is 1.41. The smallest absolute Gasteiger partial charge is 0.198 e. The van der Waals surface area contributed by atoms with E-state index in [-0.39, 0.29) is 15.8 Å². The first-order valence-corrected chi connectivity index (χ1v) is 5.87. The molecule has 19 heavy (non-hydrogen) atoms. The predicted molar refractivity (Wildman–Crippen MR) is 65.9 cm³/mol. The topological polar surface area (TPSA) is 26.3 Å². The quantitative estimate of drug-likeness (QED) is 0.776. The Labute approximate surface area is 114 Å². The molecule has 6 heteroatoms. The lowest BCUT2D eigenvalue weighted by molar-refractivity contribution is 0.112. The van der Waals surface area contributed by atoms with E-state index < -0.39 is 23.2 Å². The van der Waals surface area contributed by atoms with Crippen molar-refractivity contribution >= 4 is 22.2 Å². The number of rotatable bonds is 3. The molecule has 0 N–H and O–H groups in total. The lowest BCUT2D eigenvalue weighted by Crippen LogP contribution is -1.96. The molecule has 0 aromatic heterocycles. The van der Waals surface area contributed by atoms with Gasteiger partial charge in [-0.05, 0) is 46.3 Å². The number of benzene rings is 2. The van der Waals surface area contributed by atoms with Crippen LogP contribution < -0.4 is 4.74 Å². The lowest BCUT2D eigenvalue weighted by Gasteiger charge is -2.10. The van der Waals surface area contributed by atoms with Crippen LogP contribution in [0.1, 0.15) is 10.4 Å². The second-order valence-electron chi connectivity index (χ2n) is 3.61. The maximum absolute atomic E-state index is 13.6. The number of ether oxygens (including phenoxy) is 1. The van der Waals surface area contributed by atoms with E-state index in [0.717, 1.165) is 24.3 Å². The van der Waals surface area contributed by atoms with Gasteiger partial charge in [0.25, 0.3) is 0 Å². The van der Waals surface area contributed by atoms with Crippen LogP contribution in [0, 0.1) is 17.5 Å². The van der Waals surface area contributed by atoms with Gasteiger partial charge < -0.3 is 4.74 Å². The zero-order valence-corrected chi connectivity index (χ0v) is 10.9. The van der Waals surface area contributed by atoms with Crippen LogP contribution in [0.4, 0.5) is 13.2 Å². The zero-order valence-electron chi connectivity index (χ0n) is 9.29. The van der Waals surface area contributed by atoms with Crippen molar-refractivity contribution in [2.24, 2.45) is 0 Å². The highest BCUT2D eigenvalue weighted by atomic mass is 79.9. The molecule has 98 valence electrons. The van der Waals surface area contributed by atoms with Gasteiger partial charge in [-0.25, -0.2) is 13.2 Å². The second kappa shape index (κ2) is 5.44. The van der Waals surface area contributed by atoms with E-state index in [1.807, 2.05) is 0 Å². The van der Waals surface area contributed by atoms with Crippen molar-refractivity contribution in [1.82, 2.24) is 0 Å². The van der Waals surface area contributed by atoms with E-state index in [0.29, 0.717) is 6.29 Å². The van der Waals surface area contributed by atoms with Gasteiger partial charge in [0.15, 0.2) is 17.4 Å². The molecule has 0 fully saturated rings. The summed E-state index contributed by atoms with van der Waals surface area (Å²) in [6.07, 6.45) is 0.323. The second-order valence-corrected chi connectivity index (χ2v) is 4.46. The summed E-state index contributed by atoms with van der Waals surface area (Å²) < 4.78 is 45.3. The minimum atomic E-state index is -1.02. The van der Waals surface area contributed by atoms with Crippen molar-refractivity contribution in [3.63, 3.8) is 0 Å². The summed E-state index contributed by atoms with van der Waals surface area (Å²) in [5.74, 6) is -3.15. The highest BCUT2D eigenvalue weighted by molar-refractivity contribution is 9.10. The third kappa shape index (κ3) is 2.96. The maximum Gasteiger partial charge on any atom is 0.198 e. The van der Waals surface area contributed by atoms with Gasteiger partial charge in [-0.15, -0.1) is 0 Å². The largest absolute Gasteiger partial charge is 0.450 e. The summed E-state index contributed by atoms with van der Waals surface area (Å²) in [5.41, 5.74) is -0.138. The van der Waals surface area contributed by atoms with Crippen LogP contribution in [-0.4, -0.2) is 6.29 Å². The van der Waals surface area contributed by atoms with E-state index in [9.17, 15) is 18.0 Å². The third-order valence-electron chi connectivity index (χ3n) is 2.26. The maximum atomic E-state index is 13.6. The molecule has 0 aliphatic heterocycles. The van der Waals surface area contributed by atoms with Crippen molar-refractivity contribution in [2.75, 3.05) is 0 Å². The molecule has 0 bridgehead atoms. The van der Waals surface area contributed by atoms with E-state index in [1.54, 1.807) is 0 Å². The number of halogens is 4. The zero-order chi connectivity index (χ0) is 14.0. The Bertz CT molecular complexity index is 621. The summed E-state index contributed by atoms with van der Waals surface area (Å²) >= 11 is 3.02. The molecule has 2 aromatic rings. The van der Waals surface area contributed by atoms with Gasteiger partial charge in [0.1, 0.15) is 17.9 Å². The van der Waals surface area contributed by atoms with Crippen molar-refractivity contribution in [3.8, 4) is 11.5 Å². The average Bonchev–Trinajstić information content (AvgIpc) is 2.35. The van der Waals surface area contributed by atoms with Crippen LogP contribution in [0.2, 0.25) is 0 Å². The minimum absolute atomic E-state index is 0.0538. The monoisotopic (exact) mass is 330 g/mol. The van der Waals surface area contributed by atoms with Gasteiger partial charge in [-0.1, -0.05) is 0 Å². The first-order chi connectivity index (χ1) is 9.01. The third-order valence-corrected chi connectivity index (χ3v) is 2.88. The summed E-state index contributed by atoms with van der Waals surface area (Å²) in [6, 6.07) is 5.12. The average molecular weight is 331 g/mol. The van der Waals surface area contributed by atoms with Gasteiger partial charge in [-0.3, -0.25) is 4.79 Å². The highest BCUT2D eigenvalue weighted by Crippen LogP contribution is 2.33. The summed E-state index contributed by atoms with van der Waals surface area (Å²) in [4.78, 5) is 10.4. The molecule has 0 spiro atoms. The van der Waals surface area contributed by atoms with Gasteiger partial charge in [0, 0.05) is 5.56 Å². The fraction of sp³-hybridized carbons (Fsp3) is 0. The van der Waals surface area contributed by atoms with Crippen LogP contribution in [0.15, 0.2) is 34.8 Å².